The molecule has 0 radical (unpaired) electrons. The van der Waals surface area contributed by atoms with Gasteiger partial charge in [-0.1, -0.05) is 18.2 Å². The Balaban J connectivity index is 2.32. The second-order valence-corrected chi connectivity index (χ2v) is 3.94. The molecule has 2 rings (SSSR count). The molecule has 1 aromatic rings. The van der Waals surface area contributed by atoms with Crippen molar-refractivity contribution in [2.75, 3.05) is 7.11 Å². The molecule has 0 amide bonds. The number of carbonyl (C=O) groups is 1. The van der Waals surface area contributed by atoms with Gasteiger partial charge in [-0.05, 0) is 30.4 Å². The zero-order valence-electron chi connectivity index (χ0n) is 8.77. The normalized spacial score (nSPS) is 17.2. The van der Waals surface area contributed by atoms with Gasteiger partial charge in [0, 0.05) is 6.04 Å². The summed E-state index contributed by atoms with van der Waals surface area (Å²) in [4.78, 5) is 11.5. The lowest BCUT2D eigenvalue weighted by Crippen LogP contribution is -2.17. The van der Waals surface area contributed by atoms with E-state index in [4.69, 9.17) is 10.5 Å². The molecular formula is C12H15NO2. The molecule has 1 saturated carbocycles. The van der Waals surface area contributed by atoms with E-state index >= 15 is 0 Å². The first-order chi connectivity index (χ1) is 7.24. The smallest absolute Gasteiger partial charge is 0.338 e. The molecule has 2 N–H and O–H groups in total. The van der Waals surface area contributed by atoms with Crippen LogP contribution in [0.25, 0.3) is 0 Å². The molecular weight excluding hydrogens is 190 g/mol. The van der Waals surface area contributed by atoms with Crippen LogP contribution >= 0.6 is 0 Å². The van der Waals surface area contributed by atoms with Crippen molar-refractivity contribution >= 4 is 5.97 Å². The van der Waals surface area contributed by atoms with E-state index in [1.54, 1.807) is 6.07 Å². The van der Waals surface area contributed by atoms with Crippen LogP contribution < -0.4 is 5.73 Å². The number of ether oxygens (including phenoxy) is 1. The van der Waals surface area contributed by atoms with Crippen LogP contribution in [-0.2, 0) is 4.74 Å². The zero-order chi connectivity index (χ0) is 10.8. The van der Waals surface area contributed by atoms with Crippen molar-refractivity contribution in [3.05, 3.63) is 35.4 Å². The van der Waals surface area contributed by atoms with Gasteiger partial charge in [-0.2, -0.15) is 0 Å². The maximum Gasteiger partial charge on any atom is 0.338 e. The third-order valence-corrected chi connectivity index (χ3v) is 2.86. The lowest BCUT2D eigenvalue weighted by atomic mass is 9.98. The summed E-state index contributed by atoms with van der Waals surface area (Å²) >= 11 is 0. The number of esters is 1. The van der Waals surface area contributed by atoms with Crippen LogP contribution in [-0.4, -0.2) is 13.1 Å². The molecule has 1 fully saturated rings. The van der Waals surface area contributed by atoms with Gasteiger partial charge >= 0.3 is 5.97 Å². The van der Waals surface area contributed by atoms with Crippen molar-refractivity contribution in [2.45, 2.75) is 18.9 Å². The second-order valence-electron chi connectivity index (χ2n) is 3.94. The number of rotatable bonds is 3. The summed E-state index contributed by atoms with van der Waals surface area (Å²) < 4.78 is 4.73. The first-order valence-electron chi connectivity index (χ1n) is 5.17. The Bertz CT molecular complexity index is 372. The highest BCUT2D eigenvalue weighted by Gasteiger charge is 2.31. The highest BCUT2D eigenvalue weighted by Crippen LogP contribution is 2.40. The number of benzene rings is 1. The predicted molar refractivity (Wildman–Crippen MR) is 57.4 cm³/mol. The summed E-state index contributed by atoms with van der Waals surface area (Å²) in [5.41, 5.74) is 7.59. The van der Waals surface area contributed by atoms with Crippen molar-refractivity contribution in [1.82, 2.24) is 0 Å². The summed E-state index contributed by atoms with van der Waals surface area (Å²) in [5.74, 6) is 0.234. The molecule has 0 bridgehead atoms. The summed E-state index contributed by atoms with van der Waals surface area (Å²) in [6, 6.07) is 7.39. The number of methoxy groups -OCH3 is 1. The molecule has 3 nitrogen and oxygen atoms in total. The Hall–Kier alpha value is -1.35. The number of hydrogen-bond acceptors (Lipinski definition) is 3. The van der Waals surface area contributed by atoms with Gasteiger partial charge in [0.05, 0.1) is 12.7 Å². The van der Waals surface area contributed by atoms with E-state index in [2.05, 4.69) is 0 Å². The quantitative estimate of drug-likeness (QED) is 0.766. The Morgan fingerprint density at radius 1 is 1.47 bits per heavy atom. The van der Waals surface area contributed by atoms with E-state index in [-0.39, 0.29) is 12.0 Å². The minimum Gasteiger partial charge on any atom is -0.465 e. The Morgan fingerprint density at radius 3 is 2.73 bits per heavy atom. The van der Waals surface area contributed by atoms with Gasteiger partial charge in [-0.3, -0.25) is 0 Å². The second kappa shape index (κ2) is 4.03. The van der Waals surface area contributed by atoms with Crippen molar-refractivity contribution in [2.24, 2.45) is 11.7 Å². The largest absolute Gasteiger partial charge is 0.465 e. The van der Waals surface area contributed by atoms with Crippen LogP contribution in [0.1, 0.15) is 34.8 Å². The van der Waals surface area contributed by atoms with Gasteiger partial charge in [0.25, 0.3) is 0 Å². The van der Waals surface area contributed by atoms with E-state index in [0.717, 1.165) is 18.4 Å². The van der Waals surface area contributed by atoms with Crippen molar-refractivity contribution in [3.8, 4) is 0 Å². The van der Waals surface area contributed by atoms with E-state index in [0.29, 0.717) is 11.5 Å². The van der Waals surface area contributed by atoms with Crippen molar-refractivity contribution < 1.29 is 9.53 Å². The molecule has 0 aliphatic heterocycles. The fourth-order valence-corrected chi connectivity index (χ4v) is 1.79. The maximum absolute atomic E-state index is 11.5. The van der Waals surface area contributed by atoms with Crippen LogP contribution in [0.2, 0.25) is 0 Å². The molecule has 0 saturated heterocycles. The van der Waals surface area contributed by atoms with Gasteiger partial charge in [0.15, 0.2) is 0 Å². The predicted octanol–water partition coefficient (Wildman–Crippen LogP) is 1.88. The summed E-state index contributed by atoms with van der Waals surface area (Å²) in [7, 11) is 1.39. The molecule has 1 atom stereocenters. The van der Waals surface area contributed by atoms with Crippen LogP contribution in [0.15, 0.2) is 24.3 Å². The molecule has 80 valence electrons. The monoisotopic (exact) mass is 205 g/mol. The van der Waals surface area contributed by atoms with Gasteiger partial charge < -0.3 is 10.5 Å². The summed E-state index contributed by atoms with van der Waals surface area (Å²) in [5, 5.41) is 0. The molecule has 0 unspecified atom stereocenters. The number of hydrogen-bond donors (Lipinski definition) is 1. The van der Waals surface area contributed by atoms with Gasteiger partial charge in [0.1, 0.15) is 0 Å². The lowest BCUT2D eigenvalue weighted by molar-refractivity contribution is 0.0598. The molecule has 15 heavy (non-hydrogen) atoms. The Morgan fingerprint density at radius 2 is 2.13 bits per heavy atom. The molecule has 1 aromatic carbocycles. The molecule has 0 aromatic heterocycles. The van der Waals surface area contributed by atoms with E-state index in [9.17, 15) is 4.79 Å². The first kappa shape index (κ1) is 10.2. The van der Waals surface area contributed by atoms with E-state index in [1.807, 2.05) is 18.2 Å². The fourth-order valence-electron chi connectivity index (χ4n) is 1.79. The van der Waals surface area contributed by atoms with Gasteiger partial charge in [-0.25, -0.2) is 4.79 Å². The standard InChI is InChI=1S/C12H15NO2/c1-15-12(14)10-5-3-2-4-9(10)11(13)8-6-7-8/h2-5,8,11H,6-7,13H2,1H3/t11-/m0/s1. The molecule has 3 heteroatoms. The number of carbonyl (C=O) groups excluding carboxylic acids is 1. The SMILES string of the molecule is COC(=O)c1ccccc1[C@@H](N)C1CC1. The maximum atomic E-state index is 11.5. The highest BCUT2D eigenvalue weighted by atomic mass is 16.5. The fraction of sp³-hybridized carbons (Fsp3) is 0.417. The van der Waals surface area contributed by atoms with Gasteiger partial charge in [0.2, 0.25) is 0 Å². The highest BCUT2D eigenvalue weighted by molar-refractivity contribution is 5.91. The van der Waals surface area contributed by atoms with Crippen LogP contribution in [0.4, 0.5) is 0 Å². The third kappa shape index (κ3) is 2.02. The lowest BCUT2D eigenvalue weighted by Gasteiger charge is -2.14. The third-order valence-electron chi connectivity index (χ3n) is 2.86. The first-order valence-corrected chi connectivity index (χ1v) is 5.17. The molecule has 0 heterocycles. The zero-order valence-corrected chi connectivity index (χ0v) is 8.77. The topological polar surface area (TPSA) is 52.3 Å². The van der Waals surface area contributed by atoms with Gasteiger partial charge in [-0.15, -0.1) is 0 Å². The summed E-state index contributed by atoms with van der Waals surface area (Å²) in [6.07, 6.45) is 2.33. The van der Waals surface area contributed by atoms with Crippen molar-refractivity contribution in [1.29, 1.82) is 0 Å². The van der Waals surface area contributed by atoms with Crippen LogP contribution in [0.3, 0.4) is 0 Å². The molecule has 1 aliphatic rings. The van der Waals surface area contributed by atoms with Crippen molar-refractivity contribution in [3.63, 3.8) is 0 Å². The molecule has 1 aliphatic carbocycles. The average molecular weight is 205 g/mol. The van der Waals surface area contributed by atoms with E-state index in [1.165, 1.54) is 7.11 Å². The number of nitrogens with two attached hydrogens (primary N) is 1. The Labute approximate surface area is 89.2 Å². The summed E-state index contributed by atoms with van der Waals surface area (Å²) in [6.45, 7) is 0. The van der Waals surface area contributed by atoms with E-state index < -0.39 is 0 Å². The minimum absolute atomic E-state index is 0.0275. The van der Waals surface area contributed by atoms with Crippen LogP contribution in [0, 0.1) is 5.92 Å². The molecule has 0 spiro atoms. The van der Waals surface area contributed by atoms with Crippen LogP contribution in [0.5, 0.6) is 0 Å². The average Bonchev–Trinajstić information content (AvgIpc) is 3.11. The minimum atomic E-state index is -0.304. The Kier molecular flexibility index (Phi) is 2.73.